The average Bonchev–Trinajstić information content (AvgIpc) is 2.75. The number of nitrogens with zero attached hydrogens (tertiary/aromatic N) is 1. The number of para-hydroxylation sites is 1. The Morgan fingerprint density at radius 2 is 1.71 bits per heavy atom. The zero-order valence-corrected chi connectivity index (χ0v) is 20.2. The summed E-state index contributed by atoms with van der Waals surface area (Å²) < 4.78 is 46.3. The molecule has 10 heteroatoms. The Bertz CT molecular complexity index is 853. The summed E-state index contributed by atoms with van der Waals surface area (Å²) in [7, 11) is 4.77. The van der Waals surface area contributed by atoms with Crippen molar-refractivity contribution >= 4 is 29.9 Å². The predicted octanol–water partition coefficient (Wildman–Crippen LogP) is 4.19. The van der Waals surface area contributed by atoms with Crippen molar-refractivity contribution in [2.75, 3.05) is 27.9 Å². The summed E-state index contributed by atoms with van der Waals surface area (Å²) in [6, 6.07) is 10.6. The molecular weight excluding hydrogens is 523 g/mol. The third-order valence-corrected chi connectivity index (χ3v) is 4.15. The maximum absolute atomic E-state index is 12.9. The molecule has 0 heterocycles. The fraction of sp³-hybridized carbons (Fsp3) is 0.381. The second-order valence-corrected chi connectivity index (χ2v) is 6.02. The van der Waals surface area contributed by atoms with Gasteiger partial charge in [-0.1, -0.05) is 18.2 Å². The summed E-state index contributed by atoms with van der Waals surface area (Å²) in [5, 5.41) is 6.26. The first-order valence-electron chi connectivity index (χ1n) is 9.37. The van der Waals surface area contributed by atoms with Crippen molar-refractivity contribution in [1.29, 1.82) is 0 Å². The number of benzene rings is 2. The first-order chi connectivity index (χ1) is 14.5. The molecule has 0 saturated heterocycles. The molecule has 0 aliphatic rings. The van der Waals surface area contributed by atoms with E-state index < -0.39 is 6.61 Å². The number of alkyl halides is 2. The highest BCUT2D eigenvalue weighted by molar-refractivity contribution is 14.0. The lowest BCUT2D eigenvalue weighted by molar-refractivity contribution is -0.0520. The molecule has 0 fully saturated rings. The average molecular weight is 551 g/mol. The first kappa shape index (κ1) is 26.5. The van der Waals surface area contributed by atoms with Gasteiger partial charge in [0.05, 0.1) is 20.8 Å². The van der Waals surface area contributed by atoms with E-state index in [9.17, 15) is 8.78 Å². The van der Waals surface area contributed by atoms with Crippen molar-refractivity contribution in [3.8, 4) is 23.0 Å². The van der Waals surface area contributed by atoms with Gasteiger partial charge in [-0.25, -0.2) is 0 Å². The second-order valence-electron chi connectivity index (χ2n) is 6.02. The van der Waals surface area contributed by atoms with E-state index >= 15 is 0 Å². The molecular formula is C21H28F2IN3O4. The minimum atomic E-state index is -2.95. The zero-order chi connectivity index (χ0) is 21.9. The molecule has 0 amide bonds. The number of halogens is 3. The van der Waals surface area contributed by atoms with Gasteiger partial charge in [-0.05, 0) is 30.7 Å². The number of methoxy groups -OCH3 is 2. The zero-order valence-electron chi connectivity index (χ0n) is 17.9. The highest BCUT2D eigenvalue weighted by atomic mass is 127. The van der Waals surface area contributed by atoms with Gasteiger partial charge in [0.25, 0.3) is 0 Å². The molecule has 7 nitrogen and oxygen atoms in total. The number of guanidine groups is 1. The Kier molecular flexibility index (Phi) is 11.8. The summed E-state index contributed by atoms with van der Waals surface area (Å²) in [6.45, 7) is -0.149. The number of ether oxygens (including phenoxy) is 4. The number of nitrogens with one attached hydrogen (secondary N) is 2. The van der Waals surface area contributed by atoms with Gasteiger partial charge < -0.3 is 29.6 Å². The van der Waals surface area contributed by atoms with Crippen molar-refractivity contribution in [3.63, 3.8) is 0 Å². The maximum atomic E-state index is 12.9. The van der Waals surface area contributed by atoms with Crippen LogP contribution >= 0.6 is 24.0 Å². The molecule has 2 N–H and O–H groups in total. The van der Waals surface area contributed by atoms with Crippen LogP contribution in [0.15, 0.2) is 41.4 Å². The first-order valence-corrected chi connectivity index (χ1v) is 9.37. The van der Waals surface area contributed by atoms with Crippen LogP contribution in [0, 0.1) is 0 Å². The lowest BCUT2D eigenvalue weighted by atomic mass is 10.2. The molecule has 0 saturated carbocycles. The van der Waals surface area contributed by atoms with Gasteiger partial charge in [0.1, 0.15) is 0 Å². The largest absolute Gasteiger partial charge is 0.493 e. The number of rotatable bonds is 10. The van der Waals surface area contributed by atoms with E-state index in [1.807, 2.05) is 18.2 Å². The fourth-order valence-electron chi connectivity index (χ4n) is 2.77. The molecule has 31 heavy (non-hydrogen) atoms. The lowest BCUT2D eigenvalue weighted by Gasteiger charge is -2.17. The molecule has 0 aromatic heterocycles. The van der Waals surface area contributed by atoms with Crippen LogP contribution in [0.3, 0.4) is 0 Å². The van der Waals surface area contributed by atoms with Gasteiger partial charge in [-0.15, -0.1) is 24.0 Å². The highest BCUT2D eigenvalue weighted by Gasteiger charge is 2.16. The van der Waals surface area contributed by atoms with E-state index in [1.165, 1.54) is 0 Å². The van der Waals surface area contributed by atoms with Crippen molar-refractivity contribution in [1.82, 2.24) is 10.6 Å². The van der Waals surface area contributed by atoms with Crippen LogP contribution in [0.4, 0.5) is 8.78 Å². The summed E-state index contributed by atoms with van der Waals surface area (Å²) in [4.78, 5) is 4.16. The number of hydrogen-bond donors (Lipinski definition) is 2. The maximum Gasteiger partial charge on any atom is 0.387 e. The summed E-state index contributed by atoms with van der Waals surface area (Å²) in [5.74, 6) is 2.04. The minimum Gasteiger partial charge on any atom is -0.493 e. The van der Waals surface area contributed by atoms with Gasteiger partial charge in [-0.3, -0.25) is 4.99 Å². The third-order valence-electron chi connectivity index (χ3n) is 4.15. The molecule has 172 valence electrons. The molecule has 0 bridgehead atoms. The highest BCUT2D eigenvalue weighted by Crippen LogP contribution is 2.32. The van der Waals surface area contributed by atoms with E-state index in [0.29, 0.717) is 36.2 Å². The summed E-state index contributed by atoms with van der Waals surface area (Å²) in [5.41, 5.74) is 1.48. The molecule has 0 aliphatic carbocycles. The molecule has 2 aromatic carbocycles. The van der Waals surface area contributed by atoms with Crippen LogP contribution < -0.4 is 29.6 Å². The van der Waals surface area contributed by atoms with E-state index in [1.54, 1.807) is 46.4 Å². The molecule has 0 radical (unpaired) electrons. The van der Waals surface area contributed by atoms with Gasteiger partial charge >= 0.3 is 6.61 Å². The Morgan fingerprint density at radius 3 is 2.32 bits per heavy atom. The van der Waals surface area contributed by atoms with Gasteiger partial charge in [0.15, 0.2) is 29.0 Å². The van der Waals surface area contributed by atoms with Crippen molar-refractivity contribution in [2.45, 2.75) is 26.6 Å². The monoisotopic (exact) mass is 551 g/mol. The van der Waals surface area contributed by atoms with E-state index in [4.69, 9.17) is 14.2 Å². The predicted molar refractivity (Wildman–Crippen MR) is 126 cm³/mol. The van der Waals surface area contributed by atoms with Gasteiger partial charge in [0, 0.05) is 25.7 Å². The van der Waals surface area contributed by atoms with Gasteiger partial charge in [0.2, 0.25) is 0 Å². The Morgan fingerprint density at radius 1 is 1.00 bits per heavy atom. The van der Waals surface area contributed by atoms with Crippen molar-refractivity contribution in [3.05, 3.63) is 47.5 Å². The Hall–Kier alpha value is -2.50. The second kappa shape index (κ2) is 13.7. The minimum absolute atomic E-state index is 0. The molecule has 0 unspecified atom stereocenters. The summed E-state index contributed by atoms with van der Waals surface area (Å²) >= 11 is 0. The van der Waals surface area contributed by atoms with Crippen LogP contribution in [0.25, 0.3) is 0 Å². The molecule has 2 rings (SSSR count). The van der Waals surface area contributed by atoms with Crippen LogP contribution in [0.1, 0.15) is 18.1 Å². The lowest BCUT2D eigenvalue weighted by Crippen LogP contribution is -2.36. The number of hydrogen-bond acceptors (Lipinski definition) is 5. The Balaban J connectivity index is 0.00000480. The quantitative estimate of drug-likeness (QED) is 0.262. The van der Waals surface area contributed by atoms with Crippen LogP contribution in [0.2, 0.25) is 0 Å². The molecule has 0 spiro atoms. The van der Waals surface area contributed by atoms with E-state index in [0.717, 1.165) is 5.56 Å². The third kappa shape index (κ3) is 7.93. The smallest absolute Gasteiger partial charge is 0.387 e. The van der Waals surface area contributed by atoms with Crippen LogP contribution in [-0.2, 0) is 13.1 Å². The fourth-order valence-corrected chi connectivity index (χ4v) is 2.77. The van der Waals surface area contributed by atoms with Crippen molar-refractivity contribution in [2.24, 2.45) is 4.99 Å². The molecule has 0 atom stereocenters. The SMILES string of the molecule is CCOc1cccc(CNC(=NC)NCc2ccc(OC)c(OC)c2)c1OC(F)F.I. The molecule has 2 aromatic rings. The van der Waals surface area contributed by atoms with E-state index in [2.05, 4.69) is 20.4 Å². The normalized spacial score (nSPS) is 10.9. The summed E-state index contributed by atoms with van der Waals surface area (Å²) in [6.07, 6.45) is 0. The molecule has 0 aliphatic heterocycles. The van der Waals surface area contributed by atoms with E-state index in [-0.39, 0.29) is 42.0 Å². The topological polar surface area (TPSA) is 73.3 Å². The van der Waals surface area contributed by atoms with Crippen molar-refractivity contribution < 1.29 is 27.7 Å². The van der Waals surface area contributed by atoms with Crippen LogP contribution in [-0.4, -0.2) is 40.4 Å². The van der Waals surface area contributed by atoms with Crippen LogP contribution in [0.5, 0.6) is 23.0 Å². The van der Waals surface area contributed by atoms with Gasteiger partial charge in [-0.2, -0.15) is 8.78 Å². The Labute approximate surface area is 198 Å². The number of aliphatic imine (C=N–C) groups is 1. The standard InChI is InChI=1S/C21H27F2N3O4.HI/c1-5-29-17-8-6-7-15(19(17)30-20(22)23)13-26-21(24-2)25-12-14-9-10-16(27-3)18(11-14)28-4;/h6-11,20H,5,12-13H2,1-4H3,(H2,24,25,26);1H.